The molecule has 0 aliphatic rings. The maximum atomic E-state index is 12.2. The van der Waals surface area contributed by atoms with Crippen molar-refractivity contribution in [2.45, 2.75) is 13.5 Å². The average Bonchev–Trinajstić information content (AvgIpc) is 2.58. The first-order valence-corrected chi connectivity index (χ1v) is 9.89. The number of carbonyl (C=O) groups is 1. The summed E-state index contributed by atoms with van der Waals surface area (Å²) in [5.41, 5.74) is 2.01. The standard InChI is InChI=1S/C19H17NO6S/c1-12-3-8-16-14(10-18(21)26-17(16)9-12)11-25-19(22)13-4-6-15(7-5-13)20-27(2,23)24/h3-10,20H,11H2,1-2H3. The van der Waals surface area contributed by atoms with Crippen LogP contribution in [0.5, 0.6) is 0 Å². The van der Waals surface area contributed by atoms with Gasteiger partial charge in [-0.3, -0.25) is 4.72 Å². The highest BCUT2D eigenvalue weighted by molar-refractivity contribution is 7.92. The van der Waals surface area contributed by atoms with Gasteiger partial charge in [-0.1, -0.05) is 12.1 Å². The van der Waals surface area contributed by atoms with Crippen LogP contribution in [0.4, 0.5) is 5.69 Å². The summed E-state index contributed by atoms with van der Waals surface area (Å²) in [6.07, 6.45) is 1.04. The molecule has 0 atom stereocenters. The van der Waals surface area contributed by atoms with Crippen LogP contribution in [0.25, 0.3) is 11.0 Å². The topological polar surface area (TPSA) is 103 Å². The van der Waals surface area contributed by atoms with Crippen LogP contribution >= 0.6 is 0 Å². The van der Waals surface area contributed by atoms with Crippen molar-refractivity contribution in [3.05, 3.63) is 75.6 Å². The van der Waals surface area contributed by atoms with Crippen molar-refractivity contribution in [2.24, 2.45) is 0 Å². The Labute approximate surface area is 155 Å². The number of anilines is 1. The minimum atomic E-state index is -3.39. The lowest BCUT2D eigenvalue weighted by molar-refractivity contribution is 0.0474. The fourth-order valence-electron chi connectivity index (χ4n) is 2.57. The molecule has 0 aliphatic heterocycles. The van der Waals surface area contributed by atoms with Crippen molar-refractivity contribution in [1.29, 1.82) is 0 Å². The van der Waals surface area contributed by atoms with Crippen LogP contribution < -0.4 is 10.3 Å². The van der Waals surface area contributed by atoms with Gasteiger partial charge in [0.05, 0.1) is 11.8 Å². The fourth-order valence-corrected chi connectivity index (χ4v) is 3.14. The van der Waals surface area contributed by atoms with Gasteiger partial charge in [0.2, 0.25) is 10.0 Å². The molecule has 140 valence electrons. The minimum Gasteiger partial charge on any atom is -0.457 e. The summed E-state index contributed by atoms with van der Waals surface area (Å²) in [5, 5.41) is 0.695. The van der Waals surface area contributed by atoms with Crippen molar-refractivity contribution >= 4 is 32.6 Å². The SMILES string of the molecule is Cc1ccc2c(COC(=O)c3ccc(NS(C)(=O)=O)cc3)cc(=O)oc2c1. The van der Waals surface area contributed by atoms with Crippen molar-refractivity contribution in [2.75, 3.05) is 11.0 Å². The molecular formula is C19H17NO6S. The monoisotopic (exact) mass is 387 g/mol. The van der Waals surface area contributed by atoms with E-state index in [2.05, 4.69) is 4.72 Å². The zero-order valence-corrected chi connectivity index (χ0v) is 15.5. The Morgan fingerprint density at radius 1 is 1.11 bits per heavy atom. The highest BCUT2D eigenvalue weighted by Gasteiger charge is 2.11. The number of benzene rings is 2. The van der Waals surface area contributed by atoms with Gasteiger partial charge in [-0.05, 0) is 42.8 Å². The normalized spacial score (nSPS) is 11.3. The molecule has 0 bridgehead atoms. The summed E-state index contributed by atoms with van der Waals surface area (Å²) >= 11 is 0. The van der Waals surface area contributed by atoms with Crippen LogP contribution in [0, 0.1) is 6.92 Å². The number of rotatable bonds is 5. The van der Waals surface area contributed by atoms with E-state index in [4.69, 9.17) is 9.15 Å². The Morgan fingerprint density at radius 2 is 1.81 bits per heavy atom. The number of hydrogen-bond donors (Lipinski definition) is 1. The molecule has 0 saturated heterocycles. The van der Waals surface area contributed by atoms with Gasteiger partial charge in [-0.25, -0.2) is 18.0 Å². The quantitative estimate of drug-likeness (QED) is 0.533. The number of fused-ring (bicyclic) bond motifs is 1. The smallest absolute Gasteiger partial charge is 0.338 e. The Hall–Kier alpha value is -3.13. The van der Waals surface area contributed by atoms with E-state index in [1.165, 1.54) is 30.3 Å². The van der Waals surface area contributed by atoms with Gasteiger partial charge in [0.1, 0.15) is 12.2 Å². The van der Waals surface area contributed by atoms with Crippen LogP contribution in [-0.4, -0.2) is 20.6 Å². The molecule has 2 aromatic carbocycles. The van der Waals surface area contributed by atoms with Crippen molar-refractivity contribution in [1.82, 2.24) is 0 Å². The second-order valence-corrected chi connectivity index (χ2v) is 7.87. The maximum Gasteiger partial charge on any atom is 0.338 e. The molecule has 0 spiro atoms. The van der Waals surface area contributed by atoms with Crippen molar-refractivity contribution in [3.63, 3.8) is 0 Å². The van der Waals surface area contributed by atoms with Crippen LogP contribution in [0.3, 0.4) is 0 Å². The van der Waals surface area contributed by atoms with E-state index in [9.17, 15) is 18.0 Å². The summed E-state index contributed by atoms with van der Waals surface area (Å²) in [6, 6.07) is 12.6. The Balaban J connectivity index is 1.76. The Bertz CT molecular complexity index is 1160. The molecule has 1 heterocycles. The van der Waals surface area contributed by atoms with E-state index in [1.807, 2.05) is 19.1 Å². The molecule has 0 amide bonds. The summed E-state index contributed by atoms with van der Waals surface area (Å²) in [7, 11) is -3.39. The fraction of sp³-hybridized carbons (Fsp3) is 0.158. The first-order valence-electron chi connectivity index (χ1n) is 8.00. The predicted octanol–water partition coefficient (Wildman–Crippen LogP) is 2.83. The van der Waals surface area contributed by atoms with Gasteiger partial charge < -0.3 is 9.15 Å². The zero-order valence-electron chi connectivity index (χ0n) is 14.7. The van der Waals surface area contributed by atoms with Gasteiger partial charge in [-0.2, -0.15) is 0 Å². The van der Waals surface area contributed by atoms with Crippen LogP contribution in [0.2, 0.25) is 0 Å². The molecule has 27 heavy (non-hydrogen) atoms. The highest BCUT2D eigenvalue weighted by Crippen LogP contribution is 2.20. The number of hydrogen-bond acceptors (Lipinski definition) is 6. The van der Waals surface area contributed by atoms with Gasteiger partial charge in [-0.15, -0.1) is 0 Å². The molecule has 0 unspecified atom stereocenters. The third-order valence-corrected chi connectivity index (χ3v) is 4.37. The molecule has 0 aliphatic carbocycles. The maximum absolute atomic E-state index is 12.2. The molecule has 3 rings (SSSR count). The minimum absolute atomic E-state index is 0.0899. The first kappa shape index (κ1) is 18.7. The lowest BCUT2D eigenvalue weighted by Crippen LogP contribution is -2.10. The zero-order chi connectivity index (χ0) is 19.6. The van der Waals surface area contributed by atoms with E-state index in [-0.39, 0.29) is 12.2 Å². The summed E-state index contributed by atoms with van der Waals surface area (Å²) in [6.45, 7) is 1.79. The van der Waals surface area contributed by atoms with E-state index in [1.54, 1.807) is 6.07 Å². The molecule has 1 N–H and O–H groups in total. The largest absolute Gasteiger partial charge is 0.457 e. The van der Waals surface area contributed by atoms with E-state index >= 15 is 0 Å². The van der Waals surface area contributed by atoms with Gasteiger partial charge >= 0.3 is 11.6 Å². The molecule has 1 aromatic heterocycles. The Kier molecular flexibility index (Phi) is 5.00. The second kappa shape index (κ2) is 7.24. The van der Waals surface area contributed by atoms with E-state index < -0.39 is 21.6 Å². The number of ether oxygens (including phenoxy) is 1. The van der Waals surface area contributed by atoms with Gasteiger partial charge in [0.25, 0.3) is 0 Å². The van der Waals surface area contributed by atoms with Crippen LogP contribution in [0.1, 0.15) is 21.5 Å². The molecular weight excluding hydrogens is 370 g/mol. The van der Waals surface area contributed by atoms with E-state index in [0.717, 1.165) is 11.8 Å². The number of sulfonamides is 1. The Morgan fingerprint density at radius 3 is 2.48 bits per heavy atom. The van der Waals surface area contributed by atoms with Crippen molar-refractivity contribution in [3.8, 4) is 0 Å². The predicted molar refractivity (Wildman–Crippen MR) is 101 cm³/mol. The summed E-state index contributed by atoms with van der Waals surface area (Å²) in [5.74, 6) is -0.589. The summed E-state index contributed by atoms with van der Waals surface area (Å²) < 4.78 is 35.2. The van der Waals surface area contributed by atoms with E-state index in [0.29, 0.717) is 22.2 Å². The average molecular weight is 387 g/mol. The van der Waals surface area contributed by atoms with Gasteiger partial charge in [0, 0.05) is 22.7 Å². The number of nitrogens with one attached hydrogen (secondary N) is 1. The summed E-state index contributed by atoms with van der Waals surface area (Å²) in [4.78, 5) is 23.9. The van der Waals surface area contributed by atoms with Gasteiger partial charge in [0.15, 0.2) is 0 Å². The molecule has 3 aromatic rings. The molecule has 8 heteroatoms. The second-order valence-electron chi connectivity index (χ2n) is 6.12. The van der Waals surface area contributed by atoms with Crippen molar-refractivity contribution < 1.29 is 22.4 Å². The lowest BCUT2D eigenvalue weighted by Gasteiger charge is -2.08. The number of carbonyl (C=O) groups excluding carboxylic acids is 1. The van der Waals surface area contributed by atoms with Crippen LogP contribution in [-0.2, 0) is 21.4 Å². The first-order chi connectivity index (χ1) is 12.7. The molecule has 0 fully saturated rings. The molecule has 7 nitrogen and oxygen atoms in total. The third-order valence-electron chi connectivity index (χ3n) is 3.77. The lowest BCUT2D eigenvalue weighted by atomic mass is 10.1. The number of aryl methyl sites for hydroxylation is 1. The number of esters is 1. The molecule has 0 saturated carbocycles. The third kappa shape index (κ3) is 4.73. The molecule has 0 radical (unpaired) electrons. The highest BCUT2D eigenvalue weighted by atomic mass is 32.2. The van der Waals surface area contributed by atoms with Crippen LogP contribution in [0.15, 0.2) is 57.7 Å².